The van der Waals surface area contributed by atoms with Gasteiger partial charge in [-0.25, -0.2) is 16.8 Å². The third-order valence-corrected chi connectivity index (χ3v) is 8.28. The Morgan fingerprint density at radius 1 is 1.19 bits per heavy atom. The number of hydrogen-bond donors (Lipinski definition) is 0. The van der Waals surface area contributed by atoms with Crippen molar-refractivity contribution in [1.82, 2.24) is 4.31 Å². The molecule has 2 rings (SSSR count). The molecule has 1 fully saturated rings. The number of rotatable bonds is 3. The molecule has 0 aliphatic carbocycles. The van der Waals surface area contributed by atoms with Crippen LogP contribution in [0, 0.1) is 13.8 Å². The standard InChI is InChI=1S/C14H21NO4S2/c1-11-5-6-13(9-12(11)2)21(18,19)15(4)14(3)7-8-20(16,17)10-14/h5-6,9H,7-8,10H2,1-4H3/t14-/m0/s1. The molecule has 0 amide bonds. The summed E-state index contributed by atoms with van der Waals surface area (Å²) in [4.78, 5) is 0.207. The molecule has 0 aromatic heterocycles. The fourth-order valence-corrected chi connectivity index (χ4v) is 6.44. The van der Waals surface area contributed by atoms with E-state index in [9.17, 15) is 16.8 Å². The molecule has 5 nitrogen and oxygen atoms in total. The molecular weight excluding hydrogens is 310 g/mol. The molecule has 0 radical (unpaired) electrons. The molecule has 1 aliphatic rings. The summed E-state index contributed by atoms with van der Waals surface area (Å²) < 4.78 is 50.1. The van der Waals surface area contributed by atoms with Gasteiger partial charge in [-0.2, -0.15) is 4.31 Å². The van der Waals surface area contributed by atoms with E-state index in [2.05, 4.69) is 0 Å². The first kappa shape index (κ1) is 16.5. The van der Waals surface area contributed by atoms with E-state index in [1.54, 1.807) is 25.1 Å². The van der Waals surface area contributed by atoms with Crippen LogP contribution in [0.25, 0.3) is 0 Å². The van der Waals surface area contributed by atoms with Crippen LogP contribution in [0.4, 0.5) is 0 Å². The van der Waals surface area contributed by atoms with Crippen molar-refractivity contribution >= 4 is 19.9 Å². The van der Waals surface area contributed by atoms with Gasteiger partial charge in [0.15, 0.2) is 9.84 Å². The van der Waals surface area contributed by atoms with Gasteiger partial charge in [-0.3, -0.25) is 0 Å². The Kier molecular flexibility index (Phi) is 3.97. The predicted molar refractivity (Wildman–Crippen MR) is 82.5 cm³/mol. The zero-order chi connectivity index (χ0) is 16.1. The molecule has 118 valence electrons. The third kappa shape index (κ3) is 3.00. The number of sulfone groups is 1. The van der Waals surface area contributed by atoms with Crippen LogP contribution in [0.5, 0.6) is 0 Å². The van der Waals surface area contributed by atoms with Crippen LogP contribution in [0.2, 0.25) is 0 Å². The van der Waals surface area contributed by atoms with Crippen molar-refractivity contribution in [3.8, 4) is 0 Å². The van der Waals surface area contributed by atoms with Crippen LogP contribution in [-0.2, 0) is 19.9 Å². The van der Waals surface area contributed by atoms with Crippen molar-refractivity contribution in [2.75, 3.05) is 18.6 Å². The molecule has 1 heterocycles. The predicted octanol–water partition coefficient (Wildman–Crippen LogP) is 1.50. The maximum Gasteiger partial charge on any atom is 0.243 e. The van der Waals surface area contributed by atoms with Crippen molar-refractivity contribution in [3.05, 3.63) is 29.3 Å². The summed E-state index contributed by atoms with van der Waals surface area (Å²) in [5.74, 6) is -0.0864. The second-order valence-corrected chi connectivity index (χ2v) is 10.2. The Hall–Kier alpha value is -0.920. The van der Waals surface area contributed by atoms with Gasteiger partial charge in [-0.15, -0.1) is 0 Å². The van der Waals surface area contributed by atoms with Crippen LogP contribution in [0.1, 0.15) is 24.5 Å². The molecular formula is C14H21NO4S2. The van der Waals surface area contributed by atoms with E-state index < -0.39 is 25.4 Å². The van der Waals surface area contributed by atoms with E-state index in [1.807, 2.05) is 13.8 Å². The van der Waals surface area contributed by atoms with Crippen LogP contribution >= 0.6 is 0 Å². The van der Waals surface area contributed by atoms with Gasteiger partial charge in [-0.1, -0.05) is 6.07 Å². The summed E-state index contributed by atoms with van der Waals surface area (Å²) in [5, 5.41) is 0. The summed E-state index contributed by atoms with van der Waals surface area (Å²) >= 11 is 0. The molecule has 0 saturated carbocycles. The van der Waals surface area contributed by atoms with E-state index in [0.29, 0.717) is 6.42 Å². The van der Waals surface area contributed by atoms with Gasteiger partial charge in [0.05, 0.1) is 16.4 Å². The lowest BCUT2D eigenvalue weighted by Crippen LogP contribution is -2.48. The normalized spacial score (nSPS) is 25.4. The quantitative estimate of drug-likeness (QED) is 0.841. The maximum atomic E-state index is 12.7. The monoisotopic (exact) mass is 331 g/mol. The fraction of sp³-hybridized carbons (Fsp3) is 0.571. The zero-order valence-corrected chi connectivity index (χ0v) is 14.4. The first-order valence-corrected chi connectivity index (χ1v) is 10.0. The fourth-order valence-electron chi connectivity index (χ4n) is 2.56. The van der Waals surface area contributed by atoms with Crippen molar-refractivity contribution in [3.63, 3.8) is 0 Å². The van der Waals surface area contributed by atoms with Crippen LogP contribution in [-0.4, -0.2) is 45.2 Å². The summed E-state index contributed by atoms with van der Waals surface area (Å²) in [6.07, 6.45) is 0.329. The molecule has 0 spiro atoms. The van der Waals surface area contributed by atoms with Gasteiger partial charge in [-0.05, 0) is 50.5 Å². The summed E-state index contributed by atoms with van der Waals surface area (Å²) in [6, 6.07) is 4.97. The third-order valence-electron chi connectivity index (χ3n) is 4.38. The zero-order valence-electron chi connectivity index (χ0n) is 12.8. The van der Waals surface area contributed by atoms with E-state index in [4.69, 9.17) is 0 Å². The summed E-state index contributed by atoms with van der Waals surface area (Å²) in [7, 11) is -5.40. The number of aryl methyl sites for hydroxylation is 2. The Morgan fingerprint density at radius 3 is 2.29 bits per heavy atom. The van der Waals surface area contributed by atoms with Crippen LogP contribution < -0.4 is 0 Å². The molecule has 0 N–H and O–H groups in total. The molecule has 1 aromatic carbocycles. The molecule has 21 heavy (non-hydrogen) atoms. The summed E-state index contributed by atoms with van der Waals surface area (Å²) in [5.41, 5.74) is 1.04. The van der Waals surface area contributed by atoms with Crippen molar-refractivity contribution in [2.45, 2.75) is 37.6 Å². The van der Waals surface area contributed by atoms with Gasteiger partial charge in [0, 0.05) is 12.6 Å². The highest BCUT2D eigenvalue weighted by molar-refractivity contribution is 7.92. The Bertz CT molecular complexity index is 768. The van der Waals surface area contributed by atoms with Gasteiger partial charge in [0.1, 0.15) is 0 Å². The van der Waals surface area contributed by atoms with E-state index in [0.717, 1.165) is 11.1 Å². The Labute approximate surface area is 126 Å². The lowest BCUT2D eigenvalue weighted by atomic mass is 10.0. The number of hydrogen-bond acceptors (Lipinski definition) is 4. The van der Waals surface area contributed by atoms with Crippen LogP contribution in [0.15, 0.2) is 23.1 Å². The molecule has 0 unspecified atom stereocenters. The number of nitrogens with zero attached hydrogens (tertiary/aromatic N) is 1. The summed E-state index contributed by atoms with van der Waals surface area (Å²) in [6.45, 7) is 5.46. The molecule has 1 aromatic rings. The highest BCUT2D eigenvalue weighted by Crippen LogP contribution is 2.32. The topological polar surface area (TPSA) is 71.5 Å². The van der Waals surface area contributed by atoms with Crippen molar-refractivity contribution < 1.29 is 16.8 Å². The largest absolute Gasteiger partial charge is 0.243 e. The van der Waals surface area contributed by atoms with Crippen molar-refractivity contribution in [2.24, 2.45) is 0 Å². The minimum absolute atomic E-state index is 0.0380. The lowest BCUT2D eigenvalue weighted by Gasteiger charge is -2.33. The van der Waals surface area contributed by atoms with Crippen molar-refractivity contribution in [1.29, 1.82) is 0 Å². The second-order valence-electron chi connectivity index (χ2n) is 6.06. The smallest absolute Gasteiger partial charge is 0.229 e. The second kappa shape index (κ2) is 5.07. The minimum Gasteiger partial charge on any atom is -0.229 e. The Balaban J connectivity index is 2.42. The SMILES string of the molecule is Cc1ccc(S(=O)(=O)N(C)[C@@]2(C)CCS(=O)(=O)C2)cc1C. The van der Waals surface area contributed by atoms with E-state index in [1.165, 1.54) is 11.4 Å². The van der Waals surface area contributed by atoms with Gasteiger partial charge >= 0.3 is 0 Å². The van der Waals surface area contributed by atoms with Gasteiger partial charge in [0.2, 0.25) is 10.0 Å². The van der Waals surface area contributed by atoms with E-state index in [-0.39, 0.29) is 16.4 Å². The average molecular weight is 331 g/mol. The number of benzene rings is 1. The molecule has 1 aliphatic heterocycles. The van der Waals surface area contributed by atoms with Gasteiger partial charge < -0.3 is 0 Å². The average Bonchev–Trinajstić information content (AvgIpc) is 2.67. The molecule has 1 saturated heterocycles. The molecule has 0 bridgehead atoms. The molecule has 7 heteroatoms. The molecule has 1 atom stereocenters. The highest BCUT2D eigenvalue weighted by Gasteiger charge is 2.46. The first-order chi connectivity index (χ1) is 9.48. The van der Waals surface area contributed by atoms with Crippen LogP contribution in [0.3, 0.4) is 0 Å². The minimum atomic E-state index is -3.70. The Morgan fingerprint density at radius 2 is 1.81 bits per heavy atom. The first-order valence-electron chi connectivity index (χ1n) is 6.75. The lowest BCUT2D eigenvalue weighted by molar-refractivity contribution is 0.272. The highest BCUT2D eigenvalue weighted by atomic mass is 32.2. The maximum absolute atomic E-state index is 12.7. The van der Waals surface area contributed by atoms with E-state index >= 15 is 0 Å². The van der Waals surface area contributed by atoms with Gasteiger partial charge in [0.25, 0.3) is 0 Å². The number of sulfonamides is 1.